The molecule has 0 saturated heterocycles. The van der Waals surface area contributed by atoms with Crippen molar-refractivity contribution in [2.24, 2.45) is 0 Å². The van der Waals surface area contributed by atoms with Crippen LogP contribution in [-0.2, 0) is 13.3 Å². The topological polar surface area (TPSA) is 96.2 Å². The quantitative estimate of drug-likeness (QED) is 0.317. The molecule has 0 aromatic rings. The normalized spacial score (nSPS) is 17.4. The van der Waals surface area contributed by atoms with Gasteiger partial charge in [-0.05, 0) is 6.42 Å². The van der Waals surface area contributed by atoms with Crippen LogP contribution in [0, 0.1) is 0 Å². The lowest BCUT2D eigenvalue weighted by Gasteiger charge is -2.23. The molecule has 0 fully saturated rings. The molecular formula is C4H10O6PSi. The van der Waals surface area contributed by atoms with Crippen molar-refractivity contribution in [2.45, 2.75) is 19.1 Å². The molecule has 3 radical (unpaired) electrons. The molecule has 0 heterocycles. The maximum absolute atomic E-state index is 11.1. The summed E-state index contributed by atoms with van der Waals surface area (Å²) in [5.41, 5.74) is -3.48. The molecule has 0 aliphatic heterocycles. The zero-order valence-electron chi connectivity index (χ0n) is 6.43. The van der Waals surface area contributed by atoms with Crippen LogP contribution in [0.5, 0.6) is 0 Å². The van der Waals surface area contributed by atoms with Gasteiger partial charge >= 0.3 is 13.3 Å². The zero-order valence-corrected chi connectivity index (χ0v) is 8.32. The first-order chi connectivity index (χ1) is 5.37. The molecule has 6 nitrogen and oxygen atoms in total. The lowest BCUT2D eigenvalue weighted by molar-refractivity contribution is -0.255. The van der Waals surface area contributed by atoms with Gasteiger partial charge in [0.15, 0.2) is 0 Å². The third kappa shape index (κ3) is 2.95. The van der Waals surface area contributed by atoms with Gasteiger partial charge in [0.1, 0.15) is 0 Å². The largest absolute Gasteiger partial charge is 0.409 e. The van der Waals surface area contributed by atoms with Crippen molar-refractivity contribution >= 4 is 18.1 Å². The molecule has 0 bridgehead atoms. The number of hydrogen-bond donors (Lipinski definition) is 3. The minimum Gasteiger partial charge on any atom is -0.347 e. The summed E-state index contributed by atoms with van der Waals surface area (Å²) < 4.78 is 19.5. The Kier molecular flexibility index (Phi) is 4.57. The third-order valence-electron chi connectivity index (χ3n) is 0.953. The Labute approximate surface area is 73.2 Å². The number of hydrogen-bond acceptors (Lipinski definition) is 6. The minimum atomic E-state index is -4.32. The van der Waals surface area contributed by atoms with Crippen LogP contribution in [-0.4, -0.2) is 38.1 Å². The standard InChI is InChI=1S/C4H10O6PSi/c1-2-3-9-11(8,10-12)4(5,6)7/h5-7H,2-3H2,1H3. The summed E-state index contributed by atoms with van der Waals surface area (Å²) in [7, 11) is -2.00. The Morgan fingerprint density at radius 2 is 2.00 bits per heavy atom. The smallest absolute Gasteiger partial charge is 0.347 e. The molecule has 12 heavy (non-hydrogen) atoms. The Morgan fingerprint density at radius 3 is 2.25 bits per heavy atom. The van der Waals surface area contributed by atoms with Gasteiger partial charge in [0.2, 0.25) is 0 Å². The van der Waals surface area contributed by atoms with Gasteiger partial charge in [-0.25, -0.2) is 0 Å². The highest BCUT2D eigenvalue weighted by Crippen LogP contribution is 2.55. The monoisotopic (exact) mass is 213 g/mol. The van der Waals surface area contributed by atoms with Crippen LogP contribution in [0.15, 0.2) is 0 Å². The fourth-order valence-corrected chi connectivity index (χ4v) is 1.68. The van der Waals surface area contributed by atoms with Gasteiger partial charge in [0.25, 0.3) is 10.5 Å². The van der Waals surface area contributed by atoms with Gasteiger partial charge in [-0.1, -0.05) is 6.92 Å². The van der Waals surface area contributed by atoms with E-state index >= 15 is 0 Å². The molecule has 8 heteroatoms. The van der Waals surface area contributed by atoms with Crippen LogP contribution in [0.1, 0.15) is 13.3 Å². The van der Waals surface area contributed by atoms with Crippen molar-refractivity contribution in [2.75, 3.05) is 6.61 Å². The summed E-state index contributed by atoms with van der Waals surface area (Å²) in [5, 5.41) is 25.6. The maximum atomic E-state index is 11.1. The summed E-state index contributed by atoms with van der Waals surface area (Å²) in [6.45, 7) is 1.69. The van der Waals surface area contributed by atoms with E-state index in [4.69, 9.17) is 15.3 Å². The molecule has 0 spiro atoms. The van der Waals surface area contributed by atoms with E-state index in [9.17, 15) is 4.57 Å². The number of aliphatic hydroxyl groups is 3. The lowest BCUT2D eigenvalue weighted by atomic mass is 10.5. The molecule has 0 saturated carbocycles. The van der Waals surface area contributed by atoms with Crippen LogP contribution in [0.3, 0.4) is 0 Å². The third-order valence-corrected chi connectivity index (χ3v) is 3.17. The van der Waals surface area contributed by atoms with Gasteiger partial charge < -0.3 is 24.1 Å². The van der Waals surface area contributed by atoms with Crippen molar-refractivity contribution in [1.82, 2.24) is 0 Å². The van der Waals surface area contributed by atoms with Gasteiger partial charge in [-0.3, -0.25) is 4.57 Å². The lowest BCUT2D eigenvalue weighted by Crippen LogP contribution is -2.29. The molecule has 1 atom stereocenters. The van der Waals surface area contributed by atoms with Crippen LogP contribution in [0.4, 0.5) is 0 Å². The van der Waals surface area contributed by atoms with Crippen molar-refractivity contribution < 1.29 is 28.6 Å². The van der Waals surface area contributed by atoms with Gasteiger partial charge in [-0.2, -0.15) is 0 Å². The Balaban J connectivity index is 4.36. The first kappa shape index (κ1) is 12.2. The molecule has 0 aromatic heterocycles. The van der Waals surface area contributed by atoms with E-state index in [1.54, 1.807) is 6.92 Å². The average molecular weight is 213 g/mol. The second-order valence-electron chi connectivity index (χ2n) is 2.02. The molecule has 0 aromatic carbocycles. The average Bonchev–Trinajstić information content (AvgIpc) is 1.98. The first-order valence-electron chi connectivity index (χ1n) is 3.14. The molecule has 3 N–H and O–H groups in total. The Morgan fingerprint density at radius 1 is 1.50 bits per heavy atom. The molecular weight excluding hydrogens is 203 g/mol. The summed E-state index contributed by atoms with van der Waals surface area (Å²) in [6, 6.07) is 0. The van der Waals surface area contributed by atoms with Crippen LogP contribution >= 0.6 is 7.60 Å². The Bertz CT molecular complexity index is 177. The summed E-state index contributed by atoms with van der Waals surface area (Å²) >= 11 is 0. The highest BCUT2D eigenvalue weighted by Gasteiger charge is 2.46. The van der Waals surface area contributed by atoms with Crippen molar-refractivity contribution in [3.63, 3.8) is 0 Å². The van der Waals surface area contributed by atoms with Gasteiger partial charge in [0, 0.05) is 0 Å². The molecule has 1 unspecified atom stereocenters. The maximum Gasteiger partial charge on any atom is 0.409 e. The van der Waals surface area contributed by atoms with E-state index in [0.29, 0.717) is 6.42 Å². The van der Waals surface area contributed by atoms with E-state index in [0.717, 1.165) is 0 Å². The predicted octanol–water partition coefficient (Wildman–Crippen LogP) is -0.706. The highest BCUT2D eigenvalue weighted by molar-refractivity contribution is 7.55. The van der Waals surface area contributed by atoms with E-state index in [2.05, 4.69) is 19.2 Å². The van der Waals surface area contributed by atoms with E-state index in [1.165, 1.54) is 0 Å². The molecule has 0 amide bonds. The van der Waals surface area contributed by atoms with Crippen molar-refractivity contribution in [3.8, 4) is 0 Å². The second-order valence-corrected chi connectivity index (χ2v) is 4.61. The van der Waals surface area contributed by atoms with Gasteiger partial charge in [-0.15, -0.1) is 0 Å². The van der Waals surface area contributed by atoms with E-state index < -0.39 is 13.3 Å². The molecule has 0 aliphatic rings. The molecule has 71 valence electrons. The van der Waals surface area contributed by atoms with Crippen molar-refractivity contribution in [3.05, 3.63) is 0 Å². The summed E-state index contributed by atoms with van der Waals surface area (Å²) in [4.78, 5) is 0. The van der Waals surface area contributed by atoms with E-state index in [1.807, 2.05) is 0 Å². The fourth-order valence-electron chi connectivity index (χ4n) is 0.386. The Hall–Kier alpha value is 0.247. The zero-order chi connectivity index (χ0) is 9.83. The number of rotatable bonds is 5. The minimum absolute atomic E-state index is 0.0226. The van der Waals surface area contributed by atoms with Crippen molar-refractivity contribution in [1.29, 1.82) is 0 Å². The fraction of sp³-hybridized carbons (Fsp3) is 1.00. The van der Waals surface area contributed by atoms with Crippen LogP contribution < -0.4 is 0 Å². The second kappa shape index (κ2) is 4.47. The molecule has 0 aliphatic carbocycles. The van der Waals surface area contributed by atoms with Gasteiger partial charge in [0.05, 0.1) is 6.61 Å². The predicted molar refractivity (Wildman–Crippen MR) is 40.1 cm³/mol. The highest BCUT2D eigenvalue weighted by atomic mass is 31.2. The first-order valence-corrected chi connectivity index (χ1v) is 5.09. The SMILES string of the molecule is CCCOP(=O)(O[Si])C(O)(O)O. The van der Waals surface area contributed by atoms with Crippen LogP contribution in [0.25, 0.3) is 0 Å². The summed E-state index contributed by atoms with van der Waals surface area (Å²) in [6.07, 6.45) is 0.496. The summed E-state index contributed by atoms with van der Waals surface area (Å²) in [5.74, 6) is 0. The van der Waals surface area contributed by atoms with Crippen LogP contribution in [0.2, 0.25) is 0 Å². The molecule has 0 rings (SSSR count). The van der Waals surface area contributed by atoms with E-state index in [-0.39, 0.29) is 6.61 Å².